The molecule has 130 valence electrons. The van der Waals surface area contributed by atoms with Crippen molar-refractivity contribution in [3.05, 3.63) is 75.1 Å². The number of nitrogens with one attached hydrogen (secondary N) is 1. The molecule has 0 saturated heterocycles. The first-order valence-corrected chi connectivity index (χ1v) is 7.83. The van der Waals surface area contributed by atoms with Gasteiger partial charge in [-0.2, -0.15) is 4.39 Å². The zero-order valence-corrected chi connectivity index (χ0v) is 14.4. The summed E-state index contributed by atoms with van der Waals surface area (Å²) in [6.07, 6.45) is 0. The highest BCUT2D eigenvalue weighted by Crippen LogP contribution is 2.37. The fraction of sp³-hybridized carbons (Fsp3) is 0.167. The van der Waals surface area contributed by atoms with Crippen molar-refractivity contribution in [1.29, 1.82) is 0 Å². The second kappa shape index (κ2) is 7.44. The topological polar surface area (TPSA) is 72.2 Å². The van der Waals surface area contributed by atoms with Gasteiger partial charge in [0.2, 0.25) is 11.7 Å². The summed E-state index contributed by atoms with van der Waals surface area (Å²) in [7, 11) is 0. The van der Waals surface area contributed by atoms with Crippen molar-refractivity contribution in [2.24, 2.45) is 5.92 Å². The van der Waals surface area contributed by atoms with E-state index < -0.39 is 16.4 Å². The van der Waals surface area contributed by atoms with Crippen LogP contribution in [0.15, 0.2) is 43.0 Å². The van der Waals surface area contributed by atoms with Gasteiger partial charge in [0.1, 0.15) is 0 Å². The molecule has 0 aliphatic heterocycles. The van der Waals surface area contributed by atoms with Crippen molar-refractivity contribution in [1.82, 2.24) is 0 Å². The molecular formula is C18H16ClFN2O3. The average molecular weight is 363 g/mol. The molecule has 2 rings (SSSR count). The Hall–Kier alpha value is -2.73. The Bertz CT molecular complexity index is 865. The summed E-state index contributed by atoms with van der Waals surface area (Å²) in [6, 6.07) is 8.91. The minimum absolute atomic E-state index is 0.103. The zero-order valence-electron chi connectivity index (χ0n) is 13.7. The SMILES string of the molecule is C=C(c1ccccc1Cl)c1c(NC(=O)C(C)C)ccc([N+](=O)[O-])c1F. The maximum Gasteiger partial charge on any atom is 0.305 e. The first-order chi connectivity index (χ1) is 11.7. The lowest BCUT2D eigenvalue weighted by Gasteiger charge is -2.16. The molecule has 0 fully saturated rings. The number of nitro benzene ring substituents is 1. The van der Waals surface area contributed by atoms with Crippen LogP contribution in [0.25, 0.3) is 5.57 Å². The van der Waals surface area contributed by atoms with E-state index in [1.54, 1.807) is 38.1 Å². The molecule has 0 saturated carbocycles. The van der Waals surface area contributed by atoms with Crippen LogP contribution in [0.1, 0.15) is 25.0 Å². The fourth-order valence-corrected chi connectivity index (χ4v) is 2.47. The molecule has 0 heterocycles. The predicted molar refractivity (Wildman–Crippen MR) is 96.1 cm³/mol. The van der Waals surface area contributed by atoms with Crippen LogP contribution in [0.5, 0.6) is 0 Å². The van der Waals surface area contributed by atoms with Gasteiger partial charge in [-0.1, -0.05) is 50.2 Å². The molecule has 2 aromatic rings. The van der Waals surface area contributed by atoms with Crippen molar-refractivity contribution in [2.75, 3.05) is 5.32 Å². The minimum Gasteiger partial charge on any atom is -0.325 e. The molecule has 0 unspecified atom stereocenters. The lowest BCUT2D eigenvalue weighted by molar-refractivity contribution is -0.387. The first kappa shape index (κ1) is 18.6. The molecule has 0 bridgehead atoms. The van der Waals surface area contributed by atoms with Crippen molar-refractivity contribution in [3.8, 4) is 0 Å². The molecule has 1 N–H and O–H groups in total. The molecule has 0 spiro atoms. The quantitative estimate of drug-likeness (QED) is 0.598. The number of carbonyl (C=O) groups excluding carboxylic acids is 1. The van der Waals surface area contributed by atoms with Crippen LogP contribution < -0.4 is 5.32 Å². The second-order valence-corrected chi connectivity index (χ2v) is 6.09. The van der Waals surface area contributed by atoms with Crippen LogP contribution in [0.3, 0.4) is 0 Å². The molecule has 1 amide bonds. The number of nitrogens with zero attached hydrogens (tertiary/aromatic N) is 1. The summed E-state index contributed by atoms with van der Waals surface area (Å²) in [5, 5.41) is 14.0. The Kier molecular flexibility index (Phi) is 5.54. The van der Waals surface area contributed by atoms with Gasteiger partial charge in [0.05, 0.1) is 10.6 Å². The highest BCUT2D eigenvalue weighted by atomic mass is 35.5. The number of nitro groups is 1. The Morgan fingerprint density at radius 3 is 2.48 bits per heavy atom. The highest BCUT2D eigenvalue weighted by molar-refractivity contribution is 6.32. The van der Waals surface area contributed by atoms with Crippen LogP contribution in [0, 0.1) is 21.8 Å². The molecule has 0 aliphatic rings. The van der Waals surface area contributed by atoms with Crippen molar-refractivity contribution < 1.29 is 14.1 Å². The smallest absolute Gasteiger partial charge is 0.305 e. The normalized spacial score (nSPS) is 10.6. The van der Waals surface area contributed by atoms with E-state index in [4.69, 9.17) is 11.6 Å². The van der Waals surface area contributed by atoms with Crippen LogP contribution in [-0.4, -0.2) is 10.8 Å². The van der Waals surface area contributed by atoms with Gasteiger partial charge in [0.25, 0.3) is 0 Å². The minimum atomic E-state index is -1.07. The number of hydrogen-bond donors (Lipinski definition) is 1. The van der Waals surface area contributed by atoms with Gasteiger partial charge in [0.15, 0.2) is 0 Å². The van der Waals surface area contributed by atoms with Gasteiger partial charge in [-0.15, -0.1) is 0 Å². The van der Waals surface area contributed by atoms with E-state index in [2.05, 4.69) is 11.9 Å². The Labute approximate surface area is 149 Å². The van der Waals surface area contributed by atoms with E-state index >= 15 is 0 Å². The molecule has 0 radical (unpaired) electrons. The standard InChI is InChI=1S/C18H16ClFN2O3/c1-10(2)18(23)21-14-8-9-15(22(24)25)17(20)16(14)11(3)12-6-4-5-7-13(12)19/h4-10H,3H2,1-2H3,(H,21,23). The van der Waals surface area contributed by atoms with Gasteiger partial charge < -0.3 is 5.32 Å². The zero-order chi connectivity index (χ0) is 18.7. The van der Waals surface area contributed by atoms with Gasteiger partial charge in [0, 0.05) is 28.1 Å². The van der Waals surface area contributed by atoms with E-state index in [0.29, 0.717) is 10.6 Å². The molecule has 0 aliphatic carbocycles. The molecule has 25 heavy (non-hydrogen) atoms. The maximum absolute atomic E-state index is 14.8. The summed E-state index contributed by atoms with van der Waals surface area (Å²) in [6.45, 7) is 7.19. The van der Waals surface area contributed by atoms with E-state index in [1.807, 2.05) is 0 Å². The van der Waals surface area contributed by atoms with Crippen LogP contribution in [0.2, 0.25) is 5.02 Å². The van der Waals surface area contributed by atoms with Crippen LogP contribution in [-0.2, 0) is 4.79 Å². The number of carbonyl (C=O) groups is 1. The predicted octanol–water partition coefficient (Wildman–Crippen LogP) is 5.04. The fourth-order valence-electron chi connectivity index (χ4n) is 2.22. The van der Waals surface area contributed by atoms with Gasteiger partial charge in [-0.3, -0.25) is 14.9 Å². The summed E-state index contributed by atoms with van der Waals surface area (Å²) in [5.74, 6) is -1.77. The Morgan fingerprint density at radius 1 is 1.28 bits per heavy atom. The summed E-state index contributed by atoms with van der Waals surface area (Å²) < 4.78 is 14.8. The van der Waals surface area contributed by atoms with Crippen molar-refractivity contribution in [3.63, 3.8) is 0 Å². The highest BCUT2D eigenvalue weighted by Gasteiger charge is 2.25. The van der Waals surface area contributed by atoms with E-state index in [-0.39, 0.29) is 28.6 Å². The van der Waals surface area contributed by atoms with Crippen LogP contribution >= 0.6 is 11.6 Å². The van der Waals surface area contributed by atoms with Crippen molar-refractivity contribution >= 4 is 34.5 Å². The molecule has 5 nitrogen and oxygen atoms in total. The van der Waals surface area contributed by atoms with E-state index in [1.165, 1.54) is 6.07 Å². The van der Waals surface area contributed by atoms with Crippen molar-refractivity contribution in [2.45, 2.75) is 13.8 Å². The number of benzene rings is 2. The lowest BCUT2D eigenvalue weighted by Crippen LogP contribution is -2.19. The largest absolute Gasteiger partial charge is 0.325 e. The molecule has 2 aromatic carbocycles. The third-order valence-corrected chi connectivity index (χ3v) is 3.93. The van der Waals surface area contributed by atoms with E-state index in [0.717, 1.165) is 6.07 Å². The molecule has 0 atom stereocenters. The number of anilines is 1. The number of amides is 1. The Morgan fingerprint density at radius 2 is 1.92 bits per heavy atom. The monoisotopic (exact) mass is 362 g/mol. The summed E-state index contributed by atoms with van der Waals surface area (Å²) in [4.78, 5) is 22.2. The summed E-state index contributed by atoms with van der Waals surface area (Å²) >= 11 is 6.13. The maximum atomic E-state index is 14.8. The first-order valence-electron chi connectivity index (χ1n) is 7.46. The average Bonchev–Trinajstić information content (AvgIpc) is 2.54. The molecule has 0 aromatic heterocycles. The van der Waals surface area contributed by atoms with Gasteiger partial charge >= 0.3 is 5.69 Å². The third-order valence-electron chi connectivity index (χ3n) is 3.60. The molecule has 7 heteroatoms. The third kappa shape index (κ3) is 3.85. The second-order valence-electron chi connectivity index (χ2n) is 5.68. The number of halogens is 2. The lowest BCUT2D eigenvalue weighted by atomic mass is 9.96. The van der Waals surface area contributed by atoms with E-state index in [9.17, 15) is 19.3 Å². The number of rotatable bonds is 5. The summed E-state index contributed by atoms with van der Waals surface area (Å²) in [5.41, 5.74) is -0.191. The van der Waals surface area contributed by atoms with Gasteiger partial charge in [-0.25, -0.2) is 0 Å². The van der Waals surface area contributed by atoms with Gasteiger partial charge in [-0.05, 0) is 17.7 Å². The number of hydrogen-bond acceptors (Lipinski definition) is 3. The molecular weight excluding hydrogens is 347 g/mol. The Balaban J connectivity index is 2.65. The van der Waals surface area contributed by atoms with Crippen LogP contribution in [0.4, 0.5) is 15.8 Å².